The lowest BCUT2D eigenvalue weighted by Crippen LogP contribution is -2.22. The summed E-state index contributed by atoms with van der Waals surface area (Å²) in [5.74, 6) is 0.708. The Hall–Kier alpha value is -1.59. The summed E-state index contributed by atoms with van der Waals surface area (Å²) in [5, 5.41) is 1.02. The molecule has 0 aliphatic rings. The molecule has 1 heterocycles. The Labute approximate surface area is 133 Å². The fourth-order valence-corrected chi connectivity index (χ4v) is 3.04. The normalized spacial score (nSPS) is 11.8. The monoisotopic (exact) mass is 319 g/mol. The number of carbonyl (C=O) groups is 1. The molecule has 1 aromatic heterocycles. The highest BCUT2D eigenvalue weighted by molar-refractivity contribution is 6.76. The zero-order valence-corrected chi connectivity index (χ0v) is 14.9. The van der Waals surface area contributed by atoms with E-state index in [4.69, 9.17) is 9.47 Å². The first-order chi connectivity index (χ1) is 10.4. The minimum Gasteiger partial charge on any atom is -0.467 e. The van der Waals surface area contributed by atoms with Crippen LogP contribution in [0, 0.1) is 0 Å². The molecule has 2 aromatic rings. The standard InChI is InChI=1S/C17H25NO3Si/c1-5-18-7-6-15-16(18)10-14(12-19)11-17(15)21-13-20-8-9-22(2,3)4/h6-7,10-12H,5,8-9,13H2,1-4H3. The molecule has 0 N–H and O–H groups in total. The van der Waals surface area contributed by atoms with Crippen LogP contribution in [0.3, 0.4) is 0 Å². The van der Waals surface area contributed by atoms with Gasteiger partial charge in [0.15, 0.2) is 6.79 Å². The highest BCUT2D eigenvalue weighted by atomic mass is 28.3. The molecule has 0 fully saturated rings. The summed E-state index contributed by atoms with van der Waals surface area (Å²) in [6.45, 7) is 10.8. The summed E-state index contributed by atoms with van der Waals surface area (Å²) in [5.41, 5.74) is 1.64. The molecule has 0 aliphatic heterocycles. The van der Waals surface area contributed by atoms with Gasteiger partial charge in [0.25, 0.3) is 0 Å². The number of aromatic nitrogens is 1. The van der Waals surface area contributed by atoms with Gasteiger partial charge in [0.1, 0.15) is 12.0 Å². The number of hydrogen-bond acceptors (Lipinski definition) is 3. The summed E-state index contributed by atoms with van der Waals surface area (Å²) in [6.07, 6.45) is 2.86. The van der Waals surface area contributed by atoms with E-state index in [-0.39, 0.29) is 6.79 Å². The molecule has 120 valence electrons. The van der Waals surface area contributed by atoms with Crippen LogP contribution >= 0.6 is 0 Å². The topological polar surface area (TPSA) is 40.5 Å². The maximum atomic E-state index is 11.1. The lowest BCUT2D eigenvalue weighted by Gasteiger charge is -2.16. The maximum Gasteiger partial charge on any atom is 0.189 e. The average molecular weight is 319 g/mol. The van der Waals surface area contributed by atoms with Crippen LogP contribution in [-0.2, 0) is 11.3 Å². The van der Waals surface area contributed by atoms with E-state index in [1.54, 1.807) is 6.07 Å². The van der Waals surface area contributed by atoms with Crippen molar-refractivity contribution < 1.29 is 14.3 Å². The van der Waals surface area contributed by atoms with Crippen molar-refractivity contribution in [1.29, 1.82) is 0 Å². The van der Waals surface area contributed by atoms with Crippen LogP contribution in [-0.4, -0.2) is 32.3 Å². The number of aryl methyl sites for hydroxylation is 1. The second kappa shape index (κ2) is 7.11. The van der Waals surface area contributed by atoms with Crippen LogP contribution in [0.15, 0.2) is 24.4 Å². The van der Waals surface area contributed by atoms with Crippen molar-refractivity contribution in [2.45, 2.75) is 39.2 Å². The molecule has 0 unspecified atom stereocenters. The molecule has 1 aromatic carbocycles. The maximum absolute atomic E-state index is 11.1. The van der Waals surface area contributed by atoms with E-state index < -0.39 is 8.07 Å². The Bertz CT molecular complexity index is 643. The predicted octanol–water partition coefficient (Wildman–Crippen LogP) is 4.16. The third kappa shape index (κ3) is 4.21. The lowest BCUT2D eigenvalue weighted by molar-refractivity contribution is 0.0229. The molecule has 0 saturated carbocycles. The second-order valence-electron chi connectivity index (χ2n) is 6.65. The number of hydrogen-bond donors (Lipinski definition) is 0. The third-order valence-corrected chi connectivity index (χ3v) is 5.35. The van der Waals surface area contributed by atoms with Gasteiger partial charge in [-0.05, 0) is 31.2 Å². The number of ether oxygens (including phenoxy) is 2. The van der Waals surface area contributed by atoms with Gasteiger partial charge in [0.05, 0.1) is 5.52 Å². The summed E-state index contributed by atoms with van der Waals surface area (Å²) in [6, 6.07) is 6.80. The van der Waals surface area contributed by atoms with Gasteiger partial charge >= 0.3 is 0 Å². The number of nitrogens with zero attached hydrogens (tertiary/aromatic N) is 1. The molecule has 0 bridgehead atoms. The van der Waals surface area contributed by atoms with Crippen LogP contribution in [0.5, 0.6) is 5.75 Å². The van der Waals surface area contributed by atoms with Crippen molar-refractivity contribution in [1.82, 2.24) is 4.57 Å². The van der Waals surface area contributed by atoms with Crippen molar-refractivity contribution in [3.05, 3.63) is 30.0 Å². The third-order valence-electron chi connectivity index (χ3n) is 3.64. The Morgan fingerprint density at radius 2 is 2.05 bits per heavy atom. The first kappa shape index (κ1) is 16.8. The van der Waals surface area contributed by atoms with E-state index in [2.05, 4.69) is 31.1 Å². The van der Waals surface area contributed by atoms with Crippen molar-refractivity contribution >= 4 is 25.3 Å². The molecular weight excluding hydrogens is 294 g/mol. The number of carbonyl (C=O) groups excluding carboxylic acids is 1. The zero-order chi connectivity index (χ0) is 16.2. The highest BCUT2D eigenvalue weighted by Gasteiger charge is 2.12. The summed E-state index contributed by atoms with van der Waals surface area (Å²) >= 11 is 0. The van der Waals surface area contributed by atoms with Crippen molar-refractivity contribution in [3.8, 4) is 5.75 Å². The first-order valence-corrected chi connectivity index (χ1v) is 11.4. The zero-order valence-electron chi connectivity index (χ0n) is 13.9. The molecule has 0 radical (unpaired) electrons. The van der Waals surface area contributed by atoms with Gasteiger partial charge in [-0.15, -0.1) is 0 Å². The Morgan fingerprint density at radius 1 is 1.27 bits per heavy atom. The lowest BCUT2D eigenvalue weighted by atomic mass is 10.1. The Balaban J connectivity index is 2.07. The van der Waals surface area contributed by atoms with E-state index in [0.717, 1.165) is 36.4 Å². The fourth-order valence-electron chi connectivity index (χ4n) is 2.29. The van der Waals surface area contributed by atoms with Crippen molar-refractivity contribution in [2.75, 3.05) is 13.4 Å². The molecule has 5 heteroatoms. The van der Waals surface area contributed by atoms with Gasteiger partial charge in [-0.25, -0.2) is 0 Å². The minimum absolute atomic E-state index is 0.221. The van der Waals surface area contributed by atoms with E-state index in [0.29, 0.717) is 11.3 Å². The molecule has 0 amide bonds. The van der Waals surface area contributed by atoms with E-state index in [9.17, 15) is 4.79 Å². The van der Waals surface area contributed by atoms with E-state index >= 15 is 0 Å². The summed E-state index contributed by atoms with van der Waals surface area (Å²) in [4.78, 5) is 11.1. The summed E-state index contributed by atoms with van der Waals surface area (Å²) in [7, 11) is -1.08. The largest absolute Gasteiger partial charge is 0.467 e. The summed E-state index contributed by atoms with van der Waals surface area (Å²) < 4.78 is 13.4. The van der Waals surface area contributed by atoms with Crippen LogP contribution in [0.1, 0.15) is 17.3 Å². The molecule has 0 atom stereocenters. The molecular formula is C17H25NO3Si. The van der Waals surface area contributed by atoms with Gasteiger partial charge in [-0.1, -0.05) is 19.6 Å². The molecule has 4 nitrogen and oxygen atoms in total. The second-order valence-corrected chi connectivity index (χ2v) is 12.3. The van der Waals surface area contributed by atoms with Gasteiger partial charge in [-0.2, -0.15) is 0 Å². The van der Waals surface area contributed by atoms with Crippen molar-refractivity contribution in [3.63, 3.8) is 0 Å². The molecule has 2 rings (SSSR count). The Morgan fingerprint density at radius 3 is 2.68 bits per heavy atom. The number of aldehydes is 1. The van der Waals surface area contributed by atoms with Crippen LogP contribution < -0.4 is 4.74 Å². The molecule has 0 saturated heterocycles. The highest BCUT2D eigenvalue weighted by Crippen LogP contribution is 2.28. The number of benzene rings is 1. The van der Waals surface area contributed by atoms with Crippen LogP contribution in [0.2, 0.25) is 25.7 Å². The van der Waals surface area contributed by atoms with E-state index in [1.807, 2.05) is 18.3 Å². The van der Waals surface area contributed by atoms with Crippen LogP contribution in [0.25, 0.3) is 10.9 Å². The minimum atomic E-state index is -1.08. The SMILES string of the molecule is CCn1ccc2c(OCOCC[Si](C)(C)C)cc(C=O)cc21. The van der Waals surface area contributed by atoms with Gasteiger partial charge in [0, 0.05) is 38.4 Å². The number of rotatable bonds is 8. The van der Waals surface area contributed by atoms with Gasteiger partial charge < -0.3 is 14.0 Å². The van der Waals surface area contributed by atoms with Gasteiger partial charge in [0.2, 0.25) is 0 Å². The van der Waals surface area contributed by atoms with E-state index in [1.165, 1.54) is 0 Å². The van der Waals surface area contributed by atoms with Crippen LogP contribution in [0.4, 0.5) is 0 Å². The predicted molar refractivity (Wildman–Crippen MR) is 92.6 cm³/mol. The quantitative estimate of drug-likeness (QED) is 0.317. The number of fused-ring (bicyclic) bond motifs is 1. The smallest absolute Gasteiger partial charge is 0.189 e. The Kier molecular flexibility index (Phi) is 5.42. The molecule has 0 spiro atoms. The van der Waals surface area contributed by atoms with Gasteiger partial charge in [-0.3, -0.25) is 4.79 Å². The molecule has 0 aliphatic carbocycles. The first-order valence-electron chi connectivity index (χ1n) is 7.73. The fraction of sp³-hybridized carbons (Fsp3) is 0.471. The molecule has 22 heavy (non-hydrogen) atoms. The van der Waals surface area contributed by atoms with Crippen molar-refractivity contribution in [2.24, 2.45) is 0 Å². The average Bonchev–Trinajstić information content (AvgIpc) is 2.88.